The third-order valence-electron chi connectivity index (χ3n) is 8.56. The van der Waals surface area contributed by atoms with Crippen LogP contribution in [0.15, 0.2) is 12.2 Å². The fraction of sp³-hybridized carbons (Fsp3) is 0.897. The molecule has 0 rings (SSSR count). The summed E-state index contributed by atoms with van der Waals surface area (Å²) in [5.41, 5.74) is 0. The molecule has 260 valence electrons. The molecule has 0 aromatic carbocycles. The predicted molar refractivity (Wildman–Crippen MR) is 187 cm³/mol. The highest BCUT2D eigenvalue weighted by Gasteiger charge is 2.16. The van der Waals surface area contributed by atoms with Gasteiger partial charge in [0.25, 0.3) is 0 Å². The van der Waals surface area contributed by atoms with Gasteiger partial charge in [-0.25, -0.2) is 0 Å². The van der Waals surface area contributed by atoms with Crippen molar-refractivity contribution in [1.82, 2.24) is 0 Å². The highest BCUT2D eigenvalue weighted by atomic mass is 16.6. The van der Waals surface area contributed by atoms with Crippen molar-refractivity contribution in [3.63, 3.8) is 0 Å². The van der Waals surface area contributed by atoms with Crippen molar-refractivity contribution < 1.29 is 24.2 Å². The minimum absolute atomic E-state index is 0.0620. The quantitative estimate of drug-likeness (QED) is 0.0432. The van der Waals surface area contributed by atoms with Crippen molar-refractivity contribution in [3.8, 4) is 0 Å². The summed E-state index contributed by atoms with van der Waals surface area (Å²) in [5.74, 6) is -0.588. The number of carbonyl (C=O) groups excluding carboxylic acids is 2. The van der Waals surface area contributed by atoms with E-state index in [9.17, 15) is 14.7 Å². The zero-order valence-electron chi connectivity index (χ0n) is 29.4. The number of aliphatic hydroxyl groups excluding tert-OH is 1. The van der Waals surface area contributed by atoms with Gasteiger partial charge in [-0.05, 0) is 38.5 Å². The molecular weight excluding hydrogens is 548 g/mol. The normalized spacial score (nSPS) is 12.2. The molecule has 0 spiro atoms. The van der Waals surface area contributed by atoms with Crippen LogP contribution in [0.2, 0.25) is 0 Å². The zero-order valence-corrected chi connectivity index (χ0v) is 29.4. The molecule has 0 bridgehead atoms. The number of rotatable bonds is 35. The predicted octanol–water partition coefficient (Wildman–Crippen LogP) is 11.7. The summed E-state index contributed by atoms with van der Waals surface area (Å²) in [5, 5.41) is 9.53. The van der Waals surface area contributed by atoms with E-state index in [1.165, 1.54) is 141 Å². The van der Waals surface area contributed by atoms with Gasteiger partial charge in [-0.15, -0.1) is 0 Å². The fourth-order valence-corrected chi connectivity index (χ4v) is 5.61. The van der Waals surface area contributed by atoms with Crippen molar-refractivity contribution in [2.45, 2.75) is 213 Å². The molecule has 44 heavy (non-hydrogen) atoms. The third-order valence-corrected chi connectivity index (χ3v) is 8.56. The first-order valence-electron chi connectivity index (χ1n) is 19.2. The lowest BCUT2D eigenvalue weighted by Crippen LogP contribution is -2.28. The van der Waals surface area contributed by atoms with Gasteiger partial charge in [0.05, 0.1) is 6.61 Å². The Bertz CT molecular complexity index is 632. The molecule has 0 aliphatic rings. The van der Waals surface area contributed by atoms with E-state index in [0.717, 1.165) is 38.5 Å². The first kappa shape index (κ1) is 42.6. The number of hydrogen-bond acceptors (Lipinski definition) is 5. The minimum Gasteiger partial charge on any atom is -0.462 e. The van der Waals surface area contributed by atoms with Gasteiger partial charge in [-0.2, -0.15) is 0 Å². The lowest BCUT2D eigenvalue weighted by atomic mass is 10.1. The summed E-state index contributed by atoms with van der Waals surface area (Å²) in [4.78, 5) is 24.2. The van der Waals surface area contributed by atoms with E-state index < -0.39 is 6.10 Å². The maximum atomic E-state index is 12.1. The molecule has 0 radical (unpaired) electrons. The van der Waals surface area contributed by atoms with E-state index in [4.69, 9.17) is 9.47 Å². The highest BCUT2D eigenvalue weighted by molar-refractivity contribution is 5.70. The summed E-state index contributed by atoms with van der Waals surface area (Å²) in [6.45, 7) is 4.13. The number of ether oxygens (including phenoxy) is 2. The Morgan fingerprint density at radius 2 is 0.841 bits per heavy atom. The topological polar surface area (TPSA) is 72.8 Å². The van der Waals surface area contributed by atoms with Crippen LogP contribution in [0.5, 0.6) is 0 Å². The highest BCUT2D eigenvalue weighted by Crippen LogP contribution is 2.14. The molecule has 5 heteroatoms. The zero-order chi connectivity index (χ0) is 32.2. The number of allylic oxidation sites excluding steroid dienone is 2. The van der Waals surface area contributed by atoms with Crippen molar-refractivity contribution in [2.24, 2.45) is 0 Å². The van der Waals surface area contributed by atoms with Crippen LogP contribution in [-0.2, 0) is 19.1 Å². The van der Waals surface area contributed by atoms with Crippen LogP contribution in [0, 0.1) is 0 Å². The maximum absolute atomic E-state index is 12.1. The van der Waals surface area contributed by atoms with Gasteiger partial charge in [0, 0.05) is 12.8 Å². The van der Waals surface area contributed by atoms with Gasteiger partial charge in [-0.1, -0.05) is 167 Å². The second kappa shape index (κ2) is 36.1. The molecule has 1 atom stereocenters. The van der Waals surface area contributed by atoms with Gasteiger partial charge in [0.15, 0.2) is 6.10 Å². The van der Waals surface area contributed by atoms with E-state index in [1.807, 2.05) is 0 Å². The summed E-state index contributed by atoms with van der Waals surface area (Å²) < 4.78 is 10.6. The van der Waals surface area contributed by atoms with Crippen LogP contribution in [0.3, 0.4) is 0 Å². The number of carbonyl (C=O) groups is 2. The van der Waals surface area contributed by atoms with Crippen molar-refractivity contribution >= 4 is 11.9 Å². The Hall–Kier alpha value is -1.36. The van der Waals surface area contributed by atoms with Crippen LogP contribution in [0.4, 0.5) is 0 Å². The summed E-state index contributed by atoms with van der Waals surface area (Å²) in [6.07, 6.45) is 39.9. The monoisotopic (exact) mass is 623 g/mol. The van der Waals surface area contributed by atoms with Crippen LogP contribution in [-0.4, -0.2) is 36.4 Å². The van der Waals surface area contributed by atoms with E-state index in [2.05, 4.69) is 26.0 Å². The molecule has 0 aromatic rings. The Kier molecular flexibility index (Phi) is 35.0. The molecule has 0 aliphatic heterocycles. The number of aliphatic hydroxyl groups is 1. The molecule has 0 heterocycles. The van der Waals surface area contributed by atoms with E-state index in [1.54, 1.807) is 0 Å². The lowest BCUT2D eigenvalue weighted by Gasteiger charge is -2.15. The molecule has 0 saturated carbocycles. The molecule has 5 nitrogen and oxygen atoms in total. The lowest BCUT2D eigenvalue weighted by molar-refractivity contribution is -0.161. The van der Waals surface area contributed by atoms with E-state index in [-0.39, 0.29) is 25.2 Å². The average molecular weight is 623 g/mol. The Balaban J connectivity index is 3.52. The van der Waals surface area contributed by atoms with E-state index >= 15 is 0 Å². The summed E-state index contributed by atoms with van der Waals surface area (Å²) in [7, 11) is 0. The van der Waals surface area contributed by atoms with Crippen molar-refractivity contribution in [1.29, 1.82) is 0 Å². The van der Waals surface area contributed by atoms with Crippen LogP contribution < -0.4 is 0 Å². The molecule has 0 amide bonds. The molecule has 0 unspecified atom stereocenters. The van der Waals surface area contributed by atoms with Crippen LogP contribution in [0.25, 0.3) is 0 Å². The first-order valence-corrected chi connectivity index (χ1v) is 19.2. The van der Waals surface area contributed by atoms with Gasteiger partial charge >= 0.3 is 11.9 Å². The second-order valence-corrected chi connectivity index (χ2v) is 13.0. The molecule has 0 saturated heterocycles. The van der Waals surface area contributed by atoms with Gasteiger partial charge < -0.3 is 14.6 Å². The minimum atomic E-state index is -0.766. The average Bonchev–Trinajstić information content (AvgIpc) is 3.02. The standard InChI is InChI=1S/C39H74O5/c1-3-5-7-9-11-13-15-16-17-18-19-20-21-22-24-26-28-30-32-34-39(42)44-37(35-40)36-43-38(41)33-31-29-27-25-23-14-12-10-8-6-4-2/h18-19,37,40H,3-17,20-36H2,1-2H3/b19-18-/t37-/m0/s1. The van der Waals surface area contributed by atoms with Gasteiger partial charge in [0.2, 0.25) is 0 Å². The summed E-state index contributed by atoms with van der Waals surface area (Å²) in [6, 6.07) is 0. The second-order valence-electron chi connectivity index (χ2n) is 13.0. The first-order chi connectivity index (χ1) is 21.6. The van der Waals surface area contributed by atoms with Crippen LogP contribution >= 0.6 is 0 Å². The maximum Gasteiger partial charge on any atom is 0.306 e. The van der Waals surface area contributed by atoms with Crippen molar-refractivity contribution in [2.75, 3.05) is 13.2 Å². The fourth-order valence-electron chi connectivity index (χ4n) is 5.61. The smallest absolute Gasteiger partial charge is 0.306 e. The third kappa shape index (κ3) is 33.5. The molecule has 1 N–H and O–H groups in total. The molecule has 0 fully saturated rings. The molecular formula is C39H74O5. The Morgan fingerprint density at radius 1 is 0.500 bits per heavy atom. The number of unbranched alkanes of at least 4 members (excludes halogenated alkanes) is 25. The van der Waals surface area contributed by atoms with Gasteiger partial charge in [-0.3, -0.25) is 9.59 Å². The van der Waals surface area contributed by atoms with E-state index in [0.29, 0.717) is 12.8 Å². The largest absolute Gasteiger partial charge is 0.462 e. The van der Waals surface area contributed by atoms with Crippen molar-refractivity contribution in [3.05, 3.63) is 12.2 Å². The Labute approximate surface area is 273 Å². The molecule has 0 aromatic heterocycles. The number of esters is 2. The van der Waals surface area contributed by atoms with Gasteiger partial charge in [0.1, 0.15) is 6.61 Å². The summed E-state index contributed by atoms with van der Waals surface area (Å²) >= 11 is 0. The van der Waals surface area contributed by atoms with Crippen LogP contribution in [0.1, 0.15) is 206 Å². The number of hydrogen-bond donors (Lipinski definition) is 1. The molecule has 0 aliphatic carbocycles. The Morgan fingerprint density at radius 3 is 1.23 bits per heavy atom. The SMILES string of the molecule is CCCCCCCCCC/C=C\CCCCCCCCCC(=O)O[C@@H](CO)COC(=O)CCCCCCCCCCCCC.